The third-order valence-corrected chi connectivity index (χ3v) is 5.55. The molecule has 2 N–H and O–H groups in total. The third-order valence-electron chi connectivity index (χ3n) is 4.74. The van der Waals surface area contributed by atoms with Crippen LogP contribution in [0.4, 0.5) is 14.5 Å². The maximum absolute atomic E-state index is 13.2. The summed E-state index contributed by atoms with van der Waals surface area (Å²) in [5.74, 6) is -0.330. The predicted octanol–water partition coefficient (Wildman–Crippen LogP) is 3.36. The largest absolute Gasteiger partial charge is 0.467 e. The van der Waals surface area contributed by atoms with Crippen LogP contribution < -0.4 is 10.6 Å². The number of hydrogen-bond donors (Lipinski definition) is 2. The molecule has 1 aliphatic carbocycles. The number of anilines is 1. The van der Waals surface area contributed by atoms with E-state index in [2.05, 4.69) is 36.8 Å². The Kier molecular flexibility index (Phi) is 5.90. The molecule has 3 aromatic rings. The van der Waals surface area contributed by atoms with Crippen LogP contribution in [0.15, 0.2) is 33.5 Å². The summed E-state index contributed by atoms with van der Waals surface area (Å²) in [6.07, 6.45) is 1.95. The molecule has 0 saturated heterocycles. The summed E-state index contributed by atoms with van der Waals surface area (Å²) >= 11 is 3.20. The number of halogens is 3. The summed E-state index contributed by atoms with van der Waals surface area (Å²) in [6.45, 7) is -0.0994. The van der Waals surface area contributed by atoms with E-state index in [1.165, 1.54) is 21.8 Å². The number of furan rings is 1. The molecule has 12 heteroatoms. The van der Waals surface area contributed by atoms with Gasteiger partial charge in [-0.05, 0) is 40.9 Å². The Bertz CT molecular complexity index is 1100. The van der Waals surface area contributed by atoms with Gasteiger partial charge >= 0.3 is 0 Å². The molecule has 1 aliphatic rings. The highest BCUT2D eigenvalue weighted by atomic mass is 79.9. The smallest absolute Gasteiger partial charge is 0.283 e. The van der Waals surface area contributed by atoms with Crippen molar-refractivity contribution in [3.8, 4) is 0 Å². The number of carbonyl (C=O) groups is 2. The Hall–Kier alpha value is -3.02. The lowest BCUT2D eigenvalue weighted by Gasteiger charge is -2.08. The summed E-state index contributed by atoms with van der Waals surface area (Å²) in [5, 5.41) is 13.3. The molecule has 3 heterocycles. The Morgan fingerprint density at radius 1 is 1.35 bits per heavy atom. The van der Waals surface area contributed by atoms with Crippen molar-refractivity contribution in [3.63, 3.8) is 0 Å². The number of nitrogens with zero attached hydrogens (tertiary/aromatic N) is 4. The van der Waals surface area contributed by atoms with Crippen LogP contribution in [0.5, 0.6) is 0 Å². The highest BCUT2D eigenvalue weighted by molar-refractivity contribution is 9.10. The molecule has 1 fully saturated rings. The number of nitrogens with one attached hydrogen (secondary N) is 2. The molecule has 0 aromatic carbocycles. The molecule has 0 spiro atoms. The van der Waals surface area contributed by atoms with Crippen LogP contribution in [-0.2, 0) is 24.9 Å². The fraction of sp³-hybridized carbons (Fsp3) is 0.368. The fourth-order valence-corrected chi connectivity index (χ4v) is 4.00. The predicted molar refractivity (Wildman–Crippen MR) is 109 cm³/mol. The van der Waals surface area contributed by atoms with Gasteiger partial charge in [-0.1, -0.05) is 0 Å². The van der Waals surface area contributed by atoms with Crippen LogP contribution >= 0.6 is 15.9 Å². The molecule has 0 atom stereocenters. The first-order valence-electron chi connectivity index (χ1n) is 9.51. The van der Waals surface area contributed by atoms with Gasteiger partial charge in [-0.3, -0.25) is 19.0 Å². The van der Waals surface area contributed by atoms with E-state index in [9.17, 15) is 18.4 Å². The van der Waals surface area contributed by atoms with E-state index in [1.54, 1.807) is 19.2 Å². The molecule has 9 nitrogen and oxygen atoms in total. The maximum Gasteiger partial charge on any atom is 0.283 e. The van der Waals surface area contributed by atoms with Gasteiger partial charge in [-0.15, -0.1) is 0 Å². The van der Waals surface area contributed by atoms with Crippen LogP contribution in [0.1, 0.15) is 52.8 Å². The molecular formula is C19H19BrF2N6O3. The molecule has 4 rings (SSSR count). The summed E-state index contributed by atoms with van der Waals surface area (Å²) < 4.78 is 34.6. The Balaban J connectivity index is 1.47. The number of amides is 2. The van der Waals surface area contributed by atoms with E-state index in [4.69, 9.17) is 4.42 Å². The first-order chi connectivity index (χ1) is 14.8. The molecule has 2 amide bonds. The molecule has 0 bridgehead atoms. The minimum absolute atomic E-state index is 0.0275. The first kappa shape index (κ1) is 21.2. The van der Waals surface area contributed by atoms with Gasteiger partial charge < -0.3 is 15.1 Å². The summed E-state index contributed by atoms with van der Waals surface area (Å²) in [6, 6.07) is 3.42. The van der Waals surface area contributed by atoms with Gasteiger partial charge in [0, 0.05) is 19.2 Å². The zero-order valence-corrected chi connectivity index (χ0v) is 18.0. The van der Waals surface area contributed by atoms with Gasteiger partial charge in [0.25, 0.3) is 12.3 Å². The first-order valence-corrected chi connectivity index (χ1v) is 10.3. The van der Waals surface area contributed by atoms with E-state index < -0.39 is 18.2 Å². The van der Waals surface area contributed by atoms with Gasteiger partial charge in [0.2, 0.25) is 5.91 Å². The molecule has 164 valence electrons. The summed E-state index contributed by atoms with van der Waals surface area (Å²) in [4.78, 5) is 25.1. The number of alkyl halides is 2. The van der Waals surface area contributed by atoms with Crippen molar-refractivity contribution in [2.45, 2.75) is 38.3 Å². The van der Waals surface area contributed by atoms with E-state index >= 15 is 0 Å². The second-order valence-corrected chi connectivity index (χ2v) is 7.99. The van der Waals surface area contributed by atoms with Crippen molar-refractivity contribution >= 4 is 33.4 Å². The summed E-state index contributed by atoms with van der Waals surface area (Å²) in [5.41, 5.74) is 0.444. The van der Waals surface area contributed by atoms with Crippen molar-refractivity contribution < 1.29 is 22.8 Å². The van der Waals surface area contributed by atoms with E-state index in [1.807, 2.05) is 0 Å². The minimum Gasteiger partial charge on any atom is -0.467 e. The Morgan fingerprint density at radius 3 is 2.77 bits per heavy atom. The highest BCUT2D eigenvalue weighted by Gasteiger charge is 2.34. The normalized spacial score (nSPS) is 13.6. The van der Waals surface area contributed by atoms with E-state index in [0.29, 0.717) is 11.5 Å². The lowest BCUT2D eigenvalue weighted by atomic mass is 10.2. The standard InChI is InChI=1S/C19H19BrF2N6O3/c1-27-8-12(15(25-27)19(30)23-7-11-3-2-6-31-11)24-13(29)9-28-17(10-4-5-10)14(20)16(26-28)18(21)22/h2-3,6,8,10,18H,4-5,7,9H2,1H3,(H,23,30)(H,24,29). The van der Waals surface area contributed by atoms with Crippen molar-refractivity contribution in [1.82, 2.24) is 24.9 Å². The number of hydrogen-bond acceptors (Lipinski definition) is 5. The Labute approximate surface area is 183 Å². The maximum atomic E-state index is 13.2. The second kappa shape index (κ2) is 8.61. The highest BCUT2D eigenvalue weighted by Crippen LogP contribution is 2.45. The number of carbonyl (C=O) groups excluding carboxylic acids is 2. The molecule has 0 radical (unpaired) electrons. The quantitative estimate of drug-likeness (QED) is 0.497. The average molecular weight is 497 g/mol. The van der Waals surface area contributed by atoms with Crippen LogP contribution in [0.25, 0.3) is 0 Å². The van der Waals surface area contributed by atoms with Crippen LogP contribution in [0.3, 0.4) is 0 Å². The summed E-state index contributed by atoms with van der Waals surface area (Å²) in [7, 11) is 1.61. The van der Waals surface area contributed by atoms with Crippen LogP contribution in [0.2, 0.25) is 0 Å². The van der Waals surface area contributed by atoms with Crippen molar-refractivity contribution in [1.29, 1.82) is 0 Å². The second-order valence-electron chi connectivity index (χ2n) is 7.19. The molecule has 1 saturated carbocycles. The van der Waals surface area contributed by atoms with Gasteiger partial charge in [0.15, 0.2) is 5.69 Å². The number of aryl methyl sites for hydroxylation is 1. The molecule has 3 aromatic heterocycles. The SMILES string of the molecule is Cn1cc(NC(=O)Cn2nc(C(F)F)c(Br)c2C2CC2)c(C(=O)NCc2ccco2)n1. The molecular weight excluding hydrogens is 478 g/mol. The van der Waals surface area contributed by atoms with Crippen molar-refractivity contribution in [2.24, 2.45) is 7.05 Å². The van der Waals surface area contributed by atoms with Gasteiger partial charge in [-0.25, -0.2) is 8.78 Å². The van der Waals surface area contributed by atoms with Gasteiger partial charge in [-0.2, -0.15) is 10.2 Å². The molecule has 0 aliphatic heterocycles. The Morgan fingerprint density at radius 2 is 2.13 bits per heavy atom. The van der Waals surface area contributed by atoms with Crippen LogP contribution in [0, 0.1) is 0 Å². The van der Waals surface area contributed by atoms with Gasteiger partial charge in [0.1, 0.15) is 18.0 Å². The van der Waals surface area contributed by atoms with Crippen LogP contribution in [-0.4, -0.2) is 31.4 Å². The average Bonchev–Trinajstić information content (AvgIpc) is 3.12. The fourth-order valence-electron chi connectivity index (χ4n) is 3.22. The molecule has 0 unspecified atom stereocenters. The lowest BCUT2D eigenvalue weighted by Crippen LogP contribution is -2.26. The lowest BCUT2D eigenvalue weighted by molar-refractivity contribution is -0.117. The third kappa shape index (κ3) is 4.68. The zero-order chi connectivity index (χ0) is 22.1. The van der Waals surface area contributed by atoms with E-state index in [0.717, 1.165) is 12.8 Å². The van der Waals surface area contributed by atoms with Gasteiger partial charge in [0.05, 0.1) is 28.7 Å². The topological polar surface area (TPSA) is 107 Å². The number of aromatic nitrogens is 4. The molecule has 31 heavy (non-hydrogen) atoms. The minimum atomic E-state index is -2.75. The number of rotatable bonds is 8. The van der Waals surface area contributed by atoms with E-state index in [-0.39, 0.29) is 40.6 Å². The zero-order valence-electron chi connectivity index (χ0n) is 16.4. The van der Waals surface area contributed by atoms with Crippen molar-refractivity contribution in [3.05, 3.63) is 51.9 Å². The monoisotopic (exact) mass is 496 g/mol. The van der Waals surface area contributed by atoms with Crippen molar-refractivity contribution in [2.75, 3.05) is 5.32 Å².